The number of anilines is 1. The smallest absolute Gasteiger partial charge is 0.146 e. The number of ether oxygens (including phenoxy) is 2. The number of nitrogen functional groups attached to an aromatic ring is 1. The fraction of sp³-hybridized carbons (Fsp3) is 0.273. The van der Waals surface area contributed by atoms with Crippen LogP contribution in [-0.2, 0) is 12.8 Å². The molecule has 0 unspecified atom stereocenters. The van der Waals surface area contributed by atoms with Crippen LogP contribution in [0.2, 0.25) is 0 Å². The van der Waals surface area contributed by atoms with Crippen LogP contribution in [0, 0.1) is 0 Å². The van der Waals surface area contributed by atoms with Gasteiger partial charge in [-0.05, 0) is 40.8 Å². The largest absolute Gasteiger partial charge is 0.491 e. The minimum atomic E-state index is -0.0480. The van der Waals surface area contributed by atoms with E-state index in [0.717, 1.165) is 18.4 Å². The molecule has 3 N–H and O–H groups in total. The Kier molecular flexibility index (Phi) is 6.80. The highest BCUT2D eigenvalue weighted by molar-refractivity contribution is 6.18. The van der Waals surface area contributed by atoms with Crippen LogP contribution in [0.25, 0.3) is 10.8 Å². The third-order valence-corrected chi connectivity index (χ3v) is 4.59. The summed E-state index contributed by atoms with van der Waals surface area (Å²) < 4.78 is 11.2. The Morgan fingerprint density at radius 1 is 0.889 bits per heavy atom. The number of nitrogens with two attached hydrogens (primary N) is 1. The monoisotopic (exact) mass is 385 g/mol. The SMILES string of the molecule is Nc1c(CCc2cccc3ccccc23)cc(OCCO)cc1OCCCl. The summed E-state index contributed by atoms with van der Waals surface area (Å²) in [6.45, 7) is 0.549. The summed E-state index contributed by atoms with van der Waals surface area (Å²) in [6.07, 6.45) is 1.61. The molecule has 0 fully saturated rings. The van der Waals surface area contributed by atoms with Crippen molar-refractivity contribution in [1.29, 1.82) is 0 Å². The van der Waals surface area contributed by atoms with Crippen molar-refractivity contribution in [2.45, 2.75) is 12.8 Å². The van der Waals surface area contributed by atoms with Crippen LogP contribution in [0.4, 0.5) is 5.69 Å². The van der Waals surface area contributed by atoms with E-state index in [-0.39, 0.29) is 13.2 Å². The van der Waals surface area contributed by atoms with Crippen molar-refractivity contribution in [3.05, 3.63) is 65.7 Å². The minimum absolute atomic E-state index is 0.0480. The number of hydrogen-bond donors (Lipinski definition) is 2. The van der Waals surface area contributed by atoms with E-state index in [1.54, 1.807) is 6.07 Å². The molecule has 0 aliphatic carbocycles. The Morgan fingerprint density at radius 3 is 2.48 bits per heavy atom. The lowest BCUT2D eigenvalue weighted by molar-refractivity contribution is 0.200. The fourth-order valence-electron chi connectivity index (χ4n) is 3.16. The summed E-state index contributed by atoms with van der Waals surface area (Å²) in [5, 5.41) is 11.5. The van der Waals surface area contributed by atoms with Gasteiger partial charge in [0, 0.05) is 6.07 Å². The van der Waals surface area contributed by atoms with Crippen LogP contribution >= 0.6 is 11.6 Å². The maximum atomic E-state index is 9.02. The third kappa shape index (κ3) is 4.85. The van der Waals surface area contributed by atoms with Gasteiger partial charge in [-0.3, -0.25) is 0 Å². The van der Waals surface area contributed by atoms with E-state index in [1.807, 2.05) is 12.1 Å². The molecule has 0 heterocycles. The molecule has 0 radical (unpaired) electrons. The van der Waals surface area contributed by atoms with Gasteiger partial charge in [-0.2, -0.15) is 0 Å². The lowest BCUT2D eigenvalue weighted by Crippen LogP contribution is -2.07. The normalized spacial score (nSPS) is 10.9. The number of alkyl halides is 1. The molecule has 0 saturated heterocycles. The van der Waals surface area contributed by atoms with Gasteiger partial charge >= 0.3 is 0 Å². The number of fused-ring (bicyclic) bond motifs is 1. The van der Waals surface area contributed by atoms with Crippen molar-refractivity contribution >= 4 is 28.1 Å². The Bertz CT molecular complexity index is 893. The van der Waals surface area contributed by atoms with Gasteiger partial charge in [0.1, 0.15) is 24.7 Å². The average molecular weight is 386 g/mol. The Hall–Kier alpha value is -2.43. The number of rotatable bonds is 9. The molecule has 27 heavy (non-hydrogen) atoms. The predicted molar refractivity (Wildman–Crippen MR) is 111 cm³/mol. The van der Waals surface area contributed by atoms with Crippen molar-refractivity contribution in [1.82, 2.24) is 0 Å². The molecule has 0 bridgehead atoms. The number of aryl methyl sites for hydroxylation is 2. The quantitative estimate of drug-likeness (QED) is 0.428. The van der Waals surface area contributed by atoms with E-state index in [2.05, 4.69) is 36.4 Å². The van der Waals surface area contributed by atoms with Gasteiger partial charge < -0.3 is 20.3 Å². The van der Waals surface area contributed by atoms with Crippen LogP contribution in [-0.4, -0.2) is 30.8 Å². The van der Waals surface area contributed by atoms with Crippen molar-refractivity contribution in [3.8, 4) is 11.5 Å². The van der Waals surface area contributed by atoms with Gasteiger partial charge in [0.2, 0.25) is 0 Å². The van der Waals surface area contributed by atoms with Crippen LogP contribution < -0.4 is 15.2 Å². The van der Waals surface area contributed by atoms with Crippen molar-refractivity contribution < 1.29 is 14.6 Å². The first-order valence-electron chi connectivity index (χ1n) is 9.04. The van der Waals surface area contributed by atoms with E-state index >= 15 is 0 Å². The lowest BCUT2D eigenvalue weighted by Gasteiger charge is -2.15. The molecule has 0 aliphatic heterocycles. The zero-order chi connectivity index (χ0) is 19.1. The number of hydrogen-bond acceptors (Lipinski definition) is 4. The van der Waals surface area contributed by atoms with E-state index in [9.17, 15) is 0 Å². The molecule has 0 spiro atoms. The third-order valence-electron chi connectivity index (χ3n) is 4.44. The summed E-state index contributed by atoms with van der Waals surface area (Å²) in [4.78, 5) is 0. The maximum Gasteiger partial charge on any atom is 0.146 e. The van der Waals surface area contributed by atoms with Gasteiger partial charge in [0.15, 0.2) is 0 Å². The molecular weight excluding hydrogens is 362 g/mol. The number of benzene rings is 3. The molecule has 0 aliphatic rings. The van der Waals surface area contributed by atoms with Crippen molar-refractivity contribution in [3.63, 3.8) is 0 Å². The second kappa shape index (κ2) is 9.49. The number of aliphatic hydroxyl groups is 1. The molecule has 4 nitrogen and oxygen atoms in total. The predicted octanol–water partition coefficient (Wildman–Crippen LogP) is 4.20. The topological polar surface area (TPSA) is 64.7 Å². The number of halogens is 1. The molecule has 3 rings (SSSR count). The summed E-state index contributed by atoms with van der Waals surface area (Å²) in [5.41, 5.74) is 9.17. The summed E-state index contributed by atoms with van der Waals surface area (Å²) in [6, 6.07) is 18.4. The molecule has 3 aromatic rings. The highest BCUT2D eigenvalue weighted by Crippen LogP contribution is 2.33. The Labute approximate surface area is 164 Å². The zero-order valence-corrected chi connectivity index (χ0v) is 15.9. The van der Waals surface area contributed by atoms with Gasteiger partial charge in [0.25, 0.3) is 0 Å². The van der Waals surface area contributed by atoms with Gasteiger partial charge in [-0.1, -0.05) is 42.5 Å². The van der Waals surface area contributed by atoms with E-state index in [4.69, 9.17) is 31.9 Å². The van der Waals surface area contributed by atoms with E-state index < -0.39 is 0 Å². The first-order chi connectivity index (χ1) is 13.2. The van der Waals surface area contributed by atoms with Crippen LogP contribution in [0.3, 0.4) is 0 Å². The first-order valence-corrected chi connectivity index (χ1v) is 9.58. The second-order valence-electron chi connectivity index (χ2n) is 6.24. The summed E-state index contributed by atoms with van der Waals surface area (Å²) >= 11 is 5.73. The number of aliphatic hydroxyl groups excluding tert-OH is 1. The standard InChI is InChI=1S/C22H24ClNO3/c23-10-12-27-21-15-19(26-13-11-25)14-18(22(21)24)9-8-17-6-3-5-16-4-1-2-7-20(16)17/h1-7,14-15,25H,8-13,24H2. The first kappa shape index (κ1) is 19.3. The van der Waals surface area contributed by atoms with Crippen molar-refractivity contribution in [2.75, 3.05) is 31.4 Å². The summed E-state index contributed by atoms with van der Waals surface area (Å²) in [7, 11) is 0. The van der Waals surface area contributed by atoms with Crippen LogP contribution in [0.5, 0.6) is 11.5 Å². The van der Waals surface area contributed by atoms with Crippen molar-refractivity contribution in [2.24, 2.45) is 0 Å². The zero-order valence-electron chi connectivity index (χ0n) is 15.2. The second-order valence-corrected chi connectivity index (χ2v) is 6.62. The van der Waals surface area contributed by atoms with E-state index in [1.165, 1.54) is 16.3 Å². The molecular formula is C22H24ClNO3. The minimum Gasteiger partial charge on any atom is -0.491 e. The average Bonchev–Trinajstić information content (AvgIpc) is 2.71. The van der Waals surface area contributed by atoms with Gasteiger partial charge in [-0.15, -0.1) is 11.6 Å². The molecule has 0 amide bonds. The van der Waals surface area contributed by atoms with Crippen LogP contribution in [0.1, 0.15) is 11.1 Å². The maximum absolute atomic E-state index is 9.02. The van der Waals surface area contributed by atoms with E-state index in [0.29, 0.717) is 29.7 Å². The Balaban J connectivity index is 1.85. The highest BCUT2D eigenvalue weighted by Gasteiger charge is 2.12. The van der Waals surface area contributed by atoms with Gasteiger partial charge in [0.05, 0.1) is 18.2 Å². The highest BCUT2D eigenvalue weighted by atomic mass is 35.5. The molecule has 3 aromatic carbocycles. The lowest BCUT2D eigenvalue weighted by atomic mass is 9.97. The molecule has 0 saturated carbocycles. The molecule has 5 heteroatoms. The molecule has 0 aromatic heterocycles. The van der Waals surface area contributed by atoms with Gasteiger partial charge in [-0.25, -0.2) is 0 Å². The fourth-order valence-corrected chi connectivity index (χ4v) is 3.23. The summed E-state index contributed by atoms with van der Waals surface area (Å²) in [5.74, 6) is 1.58. The Morgan fingerprint density at radius 2 is 1.67 bits per heavy atom. The molecule has 142 valence electrons. The molecule has 0 atom stereocenters. The van der Waals surface area contributed by atoms with Crippen LogP contribution in [0.15, 0.2) is 54.6 Å².